The number of nitrogens with one attached hydrogen (secondary N) is 1. The Bertz CT molecular complexity index is 1190. The maximum atomic E-state index is 13.4. The largest absolute Gasteiger partial charge is 0.483 e. The van der Waals surface area contributed by atoms with Crippen molar-refractivity contribution in [2.24, 2.45) is 0 Å². The highest BCUT2D eigenvalue weighted by Gasteiger charge is 2.33. The lowest BCUT2D eigenvalue weighted by Crippen LogP contribution is -2.57. The molecule has 1 aliphatic heterocycles. The molecule has 0 radical (unpaired) electrons. The Morgan fingerprint density at radius 3 is 2.40 bits per heavy atom. The first-order valence-corrected chi connectivity index (χ1v) is 11.2. The molecule has 1 fully saturated rings. The van der Waals surface area contributed by atoms with Crippen molar-refractivity contribution in [1.82, 2.24) is 15.1 Å². The number of nitrogens with zero attached hydrogens (tertiary/aromatic N) is 4. The number of likely N-dealkylation sites (N-methyl/N-ethyl adjacent to an activating group) is 1. The molecule has 7 nitrogen and oxygen atoms in total. The maximum absolute atomic E-state index is 13.4. The number of halogens is 3. The van der Waals surface area contributed by atoms with Crippen LogP contribution in [0.3, 0.4) is 0 Å². The number of fused-ring (bicyclic) bond motifs is 1. The van der Waals surface area contributed by atoms with Gasteiger partial charge in [-0.2, -0.15) is 18.3 Å². The van der Waals surface area contributed by atoms with Crippen LogP contribution in [0.15, 0.2) is 36.4 Å². The van der Waals surface area contributed by atoms with Gasteiger partial charge in [0.25, 0.3) is 6.47 Å². The minimum atomic E-state index is -4.38. The van der Waals surface area contributed by atoms with Gasteiger partial charge in [-0.1, -0.05) is 18.2 Å². The summed E-state index contributed by atoms with van der Waals surface area (Å²) in [4.78, 5) is 12.9. The highest BCUT2D eigenvalue weighted by molar-refractivity contribution is 5.95. The highest BCUT2D eigenvalue weighted by atomic mass is 19.4. The molecule has 188 valence electrons. The fourth-order valence-electron chi connectivity index (χ4n) is 4.28. The molecule has 2 heterocycles. The van der Waals surface area contributed by atoms with Crippen molar-refractivity contribution in [3.8, 4) is 0 Å². The molecule has 0 spiro atoms. The van der Waals surface area contributed by atoms with Gasteiger partial charge in [-0.3, -0.25) is 4.79 Å². The molecule has 35 heavy (non-hydrogen) atoms. The number of benzene rings is 2. The summed E-state index contributed by atoms with van der Waals surface area (Å²) >= 11 is 0. The number of aromatic nitrogens is 2. The van der Waals surface area contributed by atoms with E-state index in [1.807, 2.05) is 19.9 Å². The van der Waals surface area contributed by atoms with Crippen LogP contribution in [-0.2, 0) is 11.0 Å². The van der Waals surface area contributed by atoms with Crippen molar-refractivity contribution in [2.75, 3.05) is 37.4 Å². The van der Waals surface area contributed by atoms with Crippen LogP contribution < -0.4 is 10.2 Å². The Balaban J connectivity index is 0.00000108. The van der Waals surface area contributed by atoms with E-state index in [4.69, 9.17) is 9.90 Å². The van der Waals surface area contributed by atoms with Crippen LogP contribution in [0.1, 0.15) is 35.3 Å². The van der Waals surface area contributed by atoms with Crippen LogP contribution in [-0.4, -0.2) is 59.9 Å². The lowest BCUT2D eigenvalue weighted by Gasteiger charge is -2.44. The van der Waals surface area contributed by atoms with Crippen LogP contribution in [0.5, 0.6) is 0 Å². The third-order valence-corrected chi connectivity index (χ3v) is 6.41. The van der Waals surface area contributed by atoms with Crippen molar-refractivity contribution in [2.45, 2.75) is 39.0 Å². The molecule has 0 amide bonds. The second kappa shape index (κ2) is 10.5. The first kappa shape index (κ1) is 26.2. The molecule has 4 rings (SSSR count). The van der Waals surface area contributed by atoms with Gasteiger partial charge in [-0.05, 0) is 64.2 Å². The van der Waals surface area contributed by atoms with E-state index in [0.29, 0.717) is 17.4 Å². The molecule has 1 aliphatic rings. The third kappa shape index (κ3) is 5.64. The first-order chi connectivity index (χ1) is 16.5. The SMILES string of the molecule is Cc1c([C@@H](C)Nc2nnc(C)c3ccc(N4CC(N(C)C)C4)cc23)cccc1C(F)(F)F.O=CO. The normalized spacial score (nSPS) is 14.8. The molecular formula is C25H30F3N5O2. The predicted octanol–water partition coefficient (Wildman–Crippen LogP) is 4.89. The number of carboxylic acid groups (broad SMARTS) is 1. The molecule has 0 saturated carbocycles. The van der Waals surface area contributed by atoms with E-state index in [-0.39, 0.29) is 18.1 Å². The summed E-state index contributed by atoms with van der Waals surface area (Å²) in [6.45, 7) is 6.93. The average Bonchev–Trinajstić information content (AvgIpc) is 2.74. The van der Waals surface area contributed by atoms with Gasteiger partial charge < -0.3 is 20.2 Å². The van der Waals surface area contributed by atoms with Crippen LogP contribution in [0.4, 0.5) is 24.7 Å². The summed E-state index contributed by atoms with van der Waals surface area (Å²) < 4.78 is 40.1. The average molecular weight is 490 g/mol. The molecule has 2 N–H and O–H groups in total. The number of rotatable bonds is 5. The Kier molecular flexibility index (Phi) is 7.84. The van der Waals surface area contributed by atoms with Gasteiger partial charge in [0, 0.05) is 35.6 Å². The van der Waals surface area contributed by atoms with Crippen LogP contribution >= 0.6 is 0 Å². The number of carbonyl (C=O) groups is 1. The zero-order valence-corrected chi connectivity index (χ0v) is 20.4. The van der Waals surface area contributed by atoms with E-state index in [9.17, 15) is 13.2 Å². The molecule has 0 aliphatic carbocycles. The Hall–Kier alpha value is -3.40. The van der Waals surface area contributed by atoms with Gasteiger partial charge in [0.2, 0.25) is 0 Å². The van der Waals surface area contributed by atoms with E-state index in [0.717, 1.165) is 41.3 Å². The molecule has 1 saturated heterocycles. The first-order valence-electron chi connectivity index (χ1n) is 11.2. The molecule has 1 aromatic heterocycles. The Morgan fingerprint density at radius 2 is 1.80 bits per heavy atom. The predicted molar refractivity (Wildman–Crippen MR) is 131 cm³/mol. The van der Waals surface area contributed by atoms with E-state index in [1.54, 1.807) is 6.07 Å². The van der Waals surface area contributed by atoms with E-state index < -0.39 is 11.7 Å². The zero-order valence-electron chi connectivity index (χ0n) is 20.4. The highest BCUT2D eigenvalue weighted by Crippen LogP contribution is 2.36. The van der Waals surface area contributed by atoms with Gasteiger partial charge in [-0.15, -0.1) is 5.10 Å². The lowest BCUT2D eigenvalue weighted by atomic mass is 9.97. The Morgan fingerprint density at radius 1 is 1.14 bits per heavy atom. The van der Waals surface area contributed by atoms with Crippen molar-refractivity contribution in [3.63, 3.8) is 0 Å². The zero-order chi connectivity index (χ0) is 25.9. The molecule has 0 unspecified atom stereocenters. The fourth-order valence-corrected chi connectivity index (χ4v) is 4.28. The smallest absolute Gasteiger partial charge is 0.416 e. The van der Waals surface area contributed by atoms with E-state index in [2.05, 4.69) is 51.5 Å². The summed E-state index contributed by atoms with van der Waals surface area (Å²) in [6.07, 6.45) is -4.38. The molecular weight excluding hydrogens is 459 g/mol. The van der Waals surface area contributed by atoms with Crippen molar-refractivity contribution < 1.29 is 23.1 Å². The molecule has 3 aromatic rings. The molecule has 1 atom stereocenters. The van der Waals surface area contributed by atoms with Gasteiger partial charge >= 0.3 is 6.18 Å². The molecule has 0 bridgehead atoms. The molecule has 2 aromatic carbocycles. The number of hydrogen-bond donors (Lipinski definition) is 2. The van der Waals surface area contributed by atoms with Gasteiger partial charge in [0.1, 0.15) is 0 Å². The van der Waals surface area contributed by atoms with Crippen molar-refractivity contribution in [1.29, 1.82) is 0 Å². The van der Waals surface area contributed by atoms with Crippen molar-refractivity contribution >= 4 is 28.7 Å². The topological polar surface area (TPSA) is 81.6 Å². The van der Waals surface area contributed by atoms with Gasteiger partial charge in [-0.25, -0.2) is 0 Å². The van der Waals surface area contributed by atoms with Crippen LogP contribution in [0.2, 0.25) is 0 Å². The summed E-state index contributed by atoms with van der Waals surface area (Å²) in [5, 5.41) is 20.7. The summed E-state index contributed by atoms with van der Waals surface area (Å²) in [5.41, 5.74) is 2.12. The maximum Gasteiger partial charge on any atom is 0.416 e. The summed E-state index contributed by atoms with van der Waals surface area (Å²) in [5.74, 6) is 0.571. The van der Waals surface area contributed by atoms with Crippen molar-refractivity contribution in [3.05, 3.63) is 58.8 Å². The van der Waals surface area contributed by atoms with E-state index in [1.165, 1.54) is 13.0 Å². The van der Waals surface area contributed by atoms with Gasteiger partial charge in [0.15, 0.2) is 5.82 Å². The monoisotopic (exact) mass is 489 g/mol. The fraction of sp³-hybridized carbons (Fsp3) is 0.400. The van der Waals surface area contributed by atoms with Gasteiger partial charge in [0.05, 0.1) is 17.3 Å². The second-order valence-electron chi connectivity index (χ2n) is 8.88. The third-order valence-electron chi connectivity index (χ3n) is 6.41. The van der Waals surface area contributed by atoms with Crippen LogP contribution in [0, 0.1) is 13.8 Å². The van der Waals surface area contributed by atoms with Crippen LogP contribution in [0.25, 0.3) is 10.8 Å². The lowest BCUT2D eigenvalue weighted by molar-refractivity contribution is -0.138. The molecule has 10 heteroatoms. The number of hydrogen-bond acceptors (Lipinski definition) is 6. The second-order valence-corrected chi connectivity index (χ2v) is 8.88. The summed E-state index contributed by atoms with van der Waals surface area (Å²) in [7, 11) is 4.17. The van der Waals surface area contributed by atoms with E-state index >= 15 is 0 Å². The standard InChI is InChI=1S/C24H28F3N5.CH2O2/c1-14-19(7-6-8-22(14)24(25,26)27)15(2)28-23-21-11-17(32-12-18(13-32)31(4)5)9-10-20(21)16(3)29-30-23;2-1-3/h6-11,15,18H,12-13H2,1-5H3,(H,28,30);1H,(H,2,3)/t15-;/m1./s1. The number of alkyl halides is 3. The quantitative estimate of drug-likeness (QED) is 0.494. The summed E-state index contributed by atoms with van der Waals surface area (Å²) in [6, 6.07) is 10.7. The minimum absolute atomic E-state index is 0.223. The number of anilines is 2. The Labute approximate surface area is 202 Å². The minimum Gasteiger partial charge on any atom is -0.483 e. The number of aryl methyl sites for hydroxylation is 1.